The molecule has 1 amide bonds. The molecule has 0 bridgehead atoms. The van der Waals surface area contributed by atoms with Crippen molar-refractivity contribution in [2.45, 2.75) is 52.1 Å². The van der Waals surface area contributed by atoms with Gasteiger partial charge in [-0.25, -0.2) is 0 Å². The highest BCUT2D eigenvalue weighted by atomic mass is 16.5. The molecule has 1 N–H and O–H groups in total. The summed E-state index contributed by atoms with van der Waals surface area (Å²) < 4.78 is 5.29. The van der Waals surface area contributed by atoms with Gasteiger partial charge in [0.05, 0.1) is 0 Å². The first-order valence-electron chi connectivity index (χ1n) is 7.01. The third-order valence-corrected chi connectivity index (χ3v) is 3.64. The molecular weight excluding hydrogens is 238 g/mol. The second-order valence-corrected chi connectivity index (χ2v) is 5.04. The van der Waals surface area contributed by atoms with Gasteiger partial charge in [0.15, 0.2) is 0 Å². The maximum atomic E-state index is 12.1. The number of carbonyl (C=O) groups excluding carboxylic acids is 1. The van der Waals surface area contributed by atoms with Gasteiger partial charge >= 0.3 is 0 Å². The van der Waals surface area contributed by atoms with Crippen LogP contribution in [0.4, 0.5) is 5.69 Å². The number of ether oxygens (including phenoxy) is 1. The van der Waals surface area contributed by atoms with Crippen molar-refractivity contribution < 1.29 is 9.53 Å². The standard InChI is InChI=1S/C16H25NO2/c1-5-7-8-13-9-11-14(12-10-13)17-15(18)16(3,6-2)19-4/h9-12H,5-8H2,1-4H3,(H,17,18). The van der Waals surface area contributed by atoms with Crippen LogP contribution in [0.5, 0.6) is 0 Å². The van der Waals surface area contributed by atoms with Crippen LogP contribution in [-0.2, 0) is 16.0 Å². The van der Waals surface area contributed by atoms with Crippen molar-refractivity contribution in [3.05, 3.63) is 29.8 Å². The Kier molecular flexibility index (Phi) is 6.03. The summed E-state index contributed by atoms with van der Waals surface area (Å²) in [6.07, 6.45) is 4.13. The number of nitrogens with one attached hydrogen (secondary N) is 1. The van der Waals surface area contributed by atoms with E-state index in [0.29, 0.717) is 6.42 Å². The molecular formula is C16H25NO2. The molecule has 1 unspecified atom stereocenters. The fourth-order valence-corrected chi connectivity index (χ4v) is 1.80. The summed E-state index contributed by atoms with van der Waals surface area (Å²) in [4.78, 5) is 12.1. The highest BCUT2D eigenvalue weighted by molar-refractivity contribution is 5.97. The van der Waals surface area contributed by atoms with Crippen molar-refractivity contribution in [1.82, 2.24) is 0 Å². The zero-order valence-corrected chi connectivity index (χ0v) is 12.5. The predicted molar refractivity (Wildman–Crippen MR) is 79.4 cm³/mol. The normalized spacial score (nSPS) is 13.9. The molecule has 0 fully saturated rings. The largest absolute Gasteiger partial charge is 0.369 e. The van der Waals surface area contributed by atoms with Crippen LogP contribution >= 0.6 is 0 Å². The molecule has 0 saturated carbocycles. The molecule has 3 heteroatoms. The Labute approximate surface area is 116 Å². The van der Waals surface area contributed by atoms with Crippen molar-refractivity contribution in [2.75, 3.05) is 12.4 Å². The Bertz CT molecular complexity index is 394. The molecule has 0 spiro atoms. The van der Waals surface area contributed by atoms with E-state index in [9.17, 15) is 4.79 Å². The SMILES string of the molecule is CCCCc1ccc(NC(=O)C(C)(CC)OC)cc1. The van der Waals surface area contributed by atoms with Crippen LogP contribution in [-0.4, -0.2) is 18.6 Å². The molecule has 1 rings (SSSR count). The lowest BCUT2D eigenvalue weighted by Crippen LogP contribution is -2.41. The second-order valence-electron chi connectivity index (χ2n) is 5.04. The number of hydrogen-bond donors (Lipinski definition) is 1. The minimum atomic E-state index is -0.763. The molecule has 3 nitrogen and oxygen atoms in total. The average Bonchev–Trinajstić information content (AvgIpc) is 2.45. The van der Waals surface area contributed by atoms with Gasteiger partial charge in [0, 0.05) is 12.8 Å². The lowest BCUT2D eigenvalue weighted by atomic mass is 10.0. The van der Waals surface area contributed by atoms with Gasteiger partial charge in [-0.15, -0.1) is 0 Å². The van der Waals surface area contributed by atoms with Gasteiger partial charge in [0.25, 0.3) is 5.91 Å². The van der Waals surface area contributed by atoms with Gasteiger partial charge < -0.3 is 10.1 Å². The molecule has 0 aliphatic heterocycles. The van der Waals surface area contributed by atoms with Crippen molar-refractivity contribution in [3.8, 4) is 0 Å². The molecule has 0 radical (unpaired) electrons. The molecule has 0 aliphatic rings. The summed E-state index contributed by atoms with van der Waals surface area (Å²) in [5, 5.41) is 2.90. The molecule has 1 aromatic rings. The Balaban J connectivity index is 2.65. The van der Waals surface area contributed by atoms with E-state index in [1.54, 1.807) is 14.0 Å². The molecule has 1 atom stereocenters. The van der Waals surface area contributed by atoms with E-state index in [1.807, 2.05) is 19.1 Å². The number of unbranched alkanes of at least 4 members (excludes halogenated alkanes) is 1. The zero-order chi connectivity index (χ0) is 14.3. The minimum absolute atomic E-state index is 0.0983. The Hall–Kier alpha value is -1.35. The summed E-state index contributed by atoms with van der Waals surface area (Å²) in [5.74, 6) is -0.0983. The van der Waals surface area contributed by atoms with Gasteiger partial charge in [-0.2, -0.15) is 0 Å². The smallest absolute Gasteiger partial charge is 0.256 e. The van der Waals surface area contributed by atoms with Crippen LogP contribution in [0, 0.1) is 0 Å². The fraction of sp³-hybridized carbons (Fsp3) is 0.562. The summed E-state index contributed by atoms with van der Waals surface area (Å²) >= 11 is 0. The third kappa shape index (κ3) is 4.35. The first kappa shape index (κ1) is 15.7. The van der Waals surface area contributed by atoms with Crippen molar-refractivity contribution in [3.63, 3.8) is 0 Å². The van der Waals surface area contributed by atoms with Crippen LogP contribution in [0.2, 0.25) is 0 Å². The molecule has 0 aromatic heterocycles. The van der Waals surface area contributed by atoms with Crippen LogP contribution in [0.25, 0.3) is 0 Å². The summed E-state index contributed by atoms with van der Waals surface area (Å²) in [5.41, 5.74) is 1.37. The van der Waals surface area contributed by atoms with E-state index in [-0.39, 0.29) is 5.91 Å². The highest BCUT2D eigenvalue weighted by Crippen LogP contribution is 2.18. The molecule has 19 heavy (non-hydrogen) atoms. The number of rotatable bonds is 7. The van der Waals surface area contributed by atoms with Gasteiger partial charge in [-0.05, 0) is 43.9 Å². The first-order chi connectivity index (χ1) is 9.05. The van der Waals surface area contributed by atoms with Gasteiger partial charge in [-0.1, -0.05) is 32.4 Å². The van der Waals surface area contributed by atoms with Crippen molar-refractivity contribution >= 4 is 11.6 Å². The van der Waals surface area contributed by atoms with Crippen LogP contribution in [0.15, 0.2) is 24.3 Å². The Morgan fingerprint density at radius 1 is 1.26 bits per heavy atom. The Morgan fingerprint density at radius 2 is 1.89 bits per heavy atom. The molecule has 1 aromatic carbocycles. The lowest BCUT2D eigenvalue weighted by molar-refractivity contribution is -0.136. The quantitative estimate of drug-likeness (QED) is 0.813. The fourth-order valence-electron chi connectivity index (χ4n) is 1.80. The van der Waals surface area contributed by atoms with E-state index < -0.39 is 5.60 Å². The second kappa shape index (κ2) is 7.29. The Morgan fingerprint density at radius 3 is 2.37 bits per heavy atom. The maximum absolute atomic E-state index is 12.1. The maximum Gasteiger partial charge on any atom is 0.256 e. The summed E-state index contributed by atoms with van der Waals surface area (Å²) in [7, 11) is 1.57. The van der Waals surface area contributed by atoms with Crippen LogP contribution < -0.4 is 5.32 Å². The van der Waals surface area contributed by atoms with Crippen LogP contribution in [0.1, 0.15) is 45.6 Å². The molecule has 106 valence electrons. The van der Waals surface area contributed by atoms with Gasteiger partial charge in [0.1, 0.15) is 5.60 Å². The van der Waals surface area contributed by atoms with E-state index in [2.05, 4.69) is 24.4 Å². The molecule has 0 aliphatic carbocycles. The zero-order valence-electron chi connectivity index (χ0n) is 12.5. The number of benzene rings is 1. The van der Waals surface area contributed by atoms with E-state index >= 15 is 0 Å². The molecule has 0 heterocycles. The number of amides is 1. The highest BCUT2D eigenvalue weighted by Gasteiger charge is 2.30. The number of anilines is 1. The first-order valence-corrected chi connectivity index (χ1v) is 7.01. The number of carbonyl (C=O) groups is 1. The summed E-state index contributed by atoms with van der Waals surface area (Å²) in [6, 6.07) is 8.05. The number of methoxy groups -OCH3 is 1. The van der Waals surface area contributed by atoms with Crippen LogP contribution in [0.3, 0.4) is 0 Å². The van der Waals surface area contributed by atoms with Crippen molar-refractivity contribution in [1.29, 1.82) is 0 Å². The monoisotopic (exact) mass is 263 g/mol. The predicted octanol–water partition coefficient (Wildman–Crippen LogP) is 3.78. The van der Waals surface area contributed by atoms with Crippen molar-refractivity contribution in [2.24, 2.45) is 0 Å². The average molecular weight is 263 g/mol. The lowest BCUT2D eigenvalue weighted by Gasteiger charge is -2.25. The van der Waals surface area contributed by atoms with Gasteiger partial charge in [-0.3, -0.25) is 4.79 Å². The third-order valence-electron chi connectivity index (χ3n) is 3.64. The van der Waals surface area contributed by atoms with Gasteiger partial charge in [0.2, 0.25) is 0 Å². The van der Waals surface area contributed by atoms with E-state index in [0.717, 1.165) is 12.1 Å². The minimum Gasteiger partial charge on any atom is -0.369 e. The summed E-state index contributed by atoms with van der Waals surface area (Å²) in [6.45, 7) is 5.93. The number of aryl methyl sites for hydroxylation is 1. The topological polar surface area (TPSA) is 38.3 Å². The molecule has 0 saturated heterocycles. The van der Waals surface area contributed by atoms with E-state index in [1.165, 1.54) is 18.4 Å². The number of hydrogen-bond acceptors (Lipinski definition) is 2. The van der Waals surface area contributed by atoms with E-state index in [4.69, 9.17) is 4.74 Å².